The molecule has 0 atom stereocenters. The second kappa shape index (κ2) is 2.86. The minimum Gasteiger partial charge on any atom is -0.453 e. The van der Waals surface area contributed by atoms with E-state index in [4.69, 9.17) is 15.2 Å². The minimum atomic E-state index is -0.524. The lowest BCUT2D eigenvalue weighted by molar-refractivity contribution is 0.173. The lowest BCUT2D eigenvalue weighted by atomic mass is 10.0. The molecule has 80 valence electrons. The van der Waals surface area contributed by atoms with Crippen LogP contribution in [0.3, 0.4) is 0 Å². The van der Waals surface area contributed by atoms with Crippen molar-refractivity contribution < 1.29 is 13.9 Å². The lowest BCUT2D eigenvalue weighted by Gasteiger charge is -2.14. The summed E-state index contributed by atoms with van der Waals surface area (Å²) in [5.74, 6) is 0.668. The van der Waals surface area contributed by atoms with Crippen LogP contribution >= 0.6 is 15.9 Å². The van der Waals surface area contributed by atoms with Crippen LogP contribution in [-0.2, 0) is 5.54 Å². The maximum Gasteiger partial charge on any atom is 0.231 e. The number of nitrogens with two attached hydrogens (primary N) is 1. The summed E-state index contributed by atoms with van der Waals surface area (Å²) in [7, 11) is 0. The molecule has 1 aromatic rings. The number of rotatable bonds is 1. The molecule has 0 radical (unpaired) electrons. The first-order valence-electron chi connectivity index (χ1n) is 4.69. The topological polar surface area (TPSA) is 44.5 Å². The summed E-state index contributed by atoms with van der Waals surface area (Å²) in [6.45, 7) is 0.133. The highest BCUT2D eigenvalue weighted by molar-refractivity contribution is 9.10. The average Bonchev–Trinajstić information content (AvgIpc) is 2.75. The monoisotopic (exact) mass is 273 g/mol. The summed E-state index contributed by atoms with van der Waals surface area (Å²) < 4.78 is 24.8. The van der Waals surface area contributed by atoms with E-state index in [1.807, 2.05) is 0 Å². The zero-order valence-corrected chi connectivity index (χ0v) is 9.43. The van der Waals surface area contributed by atoms with Crippen molar-refractivity contribution in [3.05, 3.63) is 21.9 Å². The summed E-state index contributed by atoms with van der Waals surface area (Å²) in [6.07, 6.45) is 1.62. The quantitative estimate of drug-likeness (QED) is 0.854. The number of benzene rings is 1. The van der Waals surface area contributed by atoms with Gasteiger partial charge in [0.05, 0.1) is 4.47 Å². The van der Waals surface area contributed by atoms with Crippen LogP contribution in [0, 0.1) is 5.82 Å². The summed E-state index contributed by atoms with van der Waals surface area (Å²) >= 11 is 3.33. The van der Waals surface area contributed by atoms with Gasteiger partial charge in [-0.15, -0.1) is 0 Å². The predicted octanol–water partition coefficient (Wildman–Crippen LogP) is 2.26. The Balaban J connectivity index is 2.22. The van der Waals surface area contributed by atoms with Crippen molar-refractivity contribution >= 4 is 15.9 Å². The van der Waals surface area contributed by atoms with Gasteiger partial charge in [-0.1, -0.05) is 0 Å². The van der Waals surface area contributed by atoms with E-state index in [2.05, 4.69) is 15.9 Å². The van der Waals surface area contributed by atoms with Crippen molar-refractivity contribution in [3.63, 3.8) is 0 Å². The normalized spacial score (nSPS) is 20.5. The Morgan fingerprint density at radius 2 is 2.13 bits per heavy atom. The Bertz CT molecular complexity index is 446. The molecule has 15 heavy (non-hydrogen) atoms. The van der Waals surface area contributed by atoms with Crippen LogP contribution in [0.2, 0.25) is 0 Å². The Morgan fingerprint density at radius 1 is 1.40 bits per heavy atom. The maximum atomic E-state index is 13.8. The molecule has 2 N–H and O–H groups in total. The Morgan fingerprint density at radius 3 is 2.80 bits per heavy atom. The molecule has 1 saturated carbocycles. The molecular formula is C10H9BrFNO2. The average molecular weight is 274 g/mol. The smallest absolute Gasteiger partial charge is 0.231 e. The molecule has 1 aliphatic heterocycles. The second-order valence-corrected chi connectivity index (χ2v) is 4.73. The van der Waals surface area contributed by atoms with Crippen LogP contribution in [0.5, 0.6) is 11.5 Å². The third kappa shape index (κ3) is 1.26. The van der Waals surface area contributed by atoms with E-state index in [1.54, 1.807) is 0 Å². The van der Waals surface area contributed by atoms with Gasteiger partial charge in [-0.05, 0) is 28.8 Å². The molecule has 3 nitrogen and oxygen atoms in total. The van der Waals surface area contributed by atoms with Gasteiger partial charge >= 0.3 is 0 Å². The van der Waals surface area contributed by atoms with Gasteiger partial charge in [0.1, 0.15) is 5.82 Å². The fourth-order valence-corrected chi connectivity index (χ4v) is 2.71. The predicted molar refractivity (Wildman–Crippen MR) is 55.3 cm³/mol. The van der Waals surface area contributed by atoms with Crippen molar-refractivity contribution in [2.45, 2.75) is 18.4 Å². The highest BCUT2D eigenvalue weighted by atomic mass is 79.9. The molecule has 1 aliphatic carbocycles. The molecule has 0 spiro atoms. The van der Waals surface area contributed by atoms with E-state index in [0.717, 1.165) is 12.8 Å². The molecule has 1 fully saturated rings. The minimum absolute atomic E-state index is 0.133. The number of ether oxygens (including phenoxy) is 2. The summed E-state index contributed by atoms with van der Waals surface area (Å²) in [6, 6.07) is 1.34. The molecule has 1 heterocycles. The highest BCUT2D eigenvalue weighted by Gasteiger charge is 2.45. The first-order chi connectivity index (χ1) is 7.12. The Hall–Kier alpha value is -0.810. The summed E-state index contributed by atoms with van der Waals surface area (Å²) in [4.78, 5) is 0. The Kier molecular flexibility index (Phi) is 1.79. The van der Waals surface area contributed by atoms with Crippen LogP contribution in [0.25, 0.3) is 0 Å². The molecule has 0 amide bonds. The van der Waals surface area contributed by atoms with Crippen LogP contribution in [-0.4, -0.2) is 6.79 Å². The maximum absolute atomic E-state index is 13.8. The van der Waals surface area contributed by atoms with Crippen molar-refractivity contribution in [2.24, 2.45) is 5.73 Å². The SMILES string of the molecule is NC1(c2c(F)cc3c(c2Br)OCO3)CC1. The zero-order valence-electron chi connectivity index (χ0n) is 7.85. The number of hydrogen-bond donors (Lipinski definition) is 1. The van der Waals surface area contributed by atoms with E-state index in [9.17, 15) is 4.39 Å². The molecular weight excluding hydrogens is 265 g/mol. The van der Waals surface area contributed by atoms with E-state index in [1.165, 1.54) is 6.07 Å². The van der Waals surface area contributed by atoms with E-state index in [0.29, 0.717) is 21.5 Å². The number of fused-ring (bicyclic) bond motifs is 1. The molecule has 0 bridgehead atoms. The zero-order chi connectivity index (χ0) is 10.6. The van der Waals surface area contributed by atoms with Gasteiger partial charge in [-0.3, -0.25) is 0 Å². The fraction of sp³-hybridized carbons (Fsp3) is 0.400. The van der Waals surface area contributed by atoms with E-state index >= 15 is 0 Å². The van der Waals surface area contributed by atoms with Crippen LogP contribution in [0.1, 0.15) is 18.4 Å². The second-order valence-electron chi connectivity index (χ2n) is 3.94. The van der Waals surface area contributed by atoms with Crippen LogP contribution in [0.15, 0.2) is 10.5 Å². The van der Waals surface area contributed by atoms with Crippen molar-refractivity contribution in [3.8, 4) is 11.5 Å². The first kappa shape index (κ1) is 9.42. The van der Waals surface area contributed by atoms with Crippen molar-refractivity contribution in [2.75, 3.05) is 6.79 Å². The van der Waals surface area contributed by atoms with Gasteiger partial charge in [0.25, 0.3) is 0 Å². The molecule has 0 aromatic heterocycles. The van der Waals surface area contributed by atoms with Crippen molar-refractivity contribution in [1.82, 2.24) is 0 Å². The van der Waals surface area contributed by atoms with E-state index in [-0.39, 0.29) is 12.6 Å². The van der Waals surface area contributed by atoms with Gasteiger partial charge in [0, 0.05) is 17.2 Å². The van der Waals surface area contributed by atoms with Gasteiger partial charge < -0.3 is 15.2 Å². The van der Waals surface area contributed by atoms with Crippen molar-refractivity contribution in [1.29, 1.82) is 0 Å². The van der Waals surface area contributed by atoms with Gasteiger partial charge in [-0.2, -0.15) is 0 Å². The van der Waals surface area contributed by atoms with Gasteiger partial charge in [0.2, 0.25) is 6.79 Å². The number of hydrogen-bond acceptors (Lipinski definition) is 3. The number of halogens is 2. The van der Waals surface area contributed by atoms with Crippen LogP contribution in [0.4, 0.5) is 4.39 Å². The third-order valence-corrected chi connectivity index (χ3v) is 3.60. The highest BCUT2D eigenvalue weighted by Crippen LogP contribution is 2.52. The summed E-state index contributed by atoms with van der Waals surface area (Å²) in [5.41, 5.74) is 5.98. The summed E-state index contributed by atoms with van der Waals surface area (Å²) in [5, 5.41) is 0. The standard InChI is InChI=1S/C10H9BrFNO2/c11-8-7(10(13)1-2-10)5(12)3-6-9(8)15-4-14-6/h3H,1-2,4,13H2. The Labute approximate surface area is 94.5 Å². The molecule has 0 saturated heterocycles. The largest absolute Gasteiger partial charge is 0.453 e. The van der Waals surface area contributed by atoms with Gasteiger partial charge in [-0.25, -0.2) is 4.39 Å². The first-order valence-corrected chi connectivity index (χ1v) is 5.48. The molecule has 0 unspecified atom stereocenters. The van der Waals surface area contributed by atoms with E-state index < -0.39 is 5.54 Å². The lowest BCUT2D eigenvalue weighted by Crippen LogP contribution is -2.21. The third-order valence-electron chi connectivity index (χ3n) is 2.84. The van der Waals surface area contributed by atoms with Crippen LogP contribution < -0.4 is 15.2 Å². The molecule has 3 rings (SSSR count). The molecule has 2 aliphatic rings. The van der Waals surface area contributed by atoms with Gasteiger partial charge in [0.15, 0.2) is 11.5 Å². The molecule has 5 heteroatoms. The fourth-order valence-electron chi connectivity index (χ4n) is 1.81. The molecule has 1 aromatic carbocycles.